The monoisotopic (exact) mass is 628 g/mol. The second kappa shape index (κ2) is 12.6. The number of amides is 1. The third kappa shape index (κ3) is 8.78. The highest BCUT2D eigenvalue weighted by Gasteiger charge is 2.38. The topological polar surface area (TPSA) is 146 Å². The third-order valence-corrected chi connectivity index (χ3v) is 5.71. The van der Waals surface area contributed by atoms with Crippen LogP contribution in [0.1, 0.15) is 58.9 Å². The van der Waals surface area contributed by atoms with Crippen LogP contribution in [0.4, 0.5) is 32.8 Å². The number of nitro groups is 1. The minimum atomic E-state index is -4.87. The molecule has 1 heterocycles. The van der Waals surface area contributed by atoms with E-state index < -0.39 is 64.3 Å². The number of aromatic nitrogens is 2. The van der Waals surface area contributed by atoms with Crippen LogP contribution in [0.3, 0.4) is 0 Å². The smallest absolute Gasteiger partial charge is 0.435 e. The van der Waals surface area contributed by atoms with E-state index in [0.29, 0.717) is 4.68 Å². The van der Waals surface area contributed by atoms with E-state index in [4.69, 9.17) is 14.2 Å². The minimum Gasteiger partial charge on any atom is -0.492 e. The first-order chi connectivity index (χ1) is 20.2. The molecule has 2 aromatic carbocycles. The van der Waals surface area contributed by atoms with Crippen LogP contribution < -0.4 is 4.74 Å². The molecule has 16 heteroatoms. The van der Waals surface area contributed by atoms with Crippen LogP contribution in [-0.4, -0.2) is 67.8 Å². The number of nitro benzene ring substituents is 1. The lowest BCUT2D eigenvalue weighted by atomic mass is 10.1. The molecular formula is C28H32F4N4O8. The molecule has 0 aliphatic rings. The molecule has 240 valence electrons. The third-order valence-electron chi connectivity index (χ3n) is 5.71. The van der Waals surface area contributed by atoms with Gasteiger partial charge in [-0.1, -0.05) is 6.07 Å². The molecular weight excluding hydrogens is 596 g/mol. The van der Waals surface area contributed by atoms with Gasteiger partial charge in [0.1, 0.15) is 23.6 Å². The van der Waals surface area contributed by atoms with Gasteiger partial charge in [0.15, 0.2) is 5.69 Å². The lowest BCUT2D eigenvalue weighted by Gasteiger charge is -2.29. The van der Waals surface area contributed by atoms with Gasteiger partial charge in [0, 0.05) is 17.5 Å². The minimum absolute atomic E-state index is 0.0229. The molecule has 0 fully saturated rings. The molecule has 0 radical (unpaired) electrons. The fourth-order valence-corrected chi connectivity index (χ4v) is 3.89. The maximum atomic E-state index is 13.8. The quantitative estimate of drug-likeness (QED) is 0.174. The SMILES string of the molecule is CC(C)(C)OC(=O)N(CCOc1ccc2c(C(F)(F)F)nn(C(=O)OC(C)(C)C)c2c1)C[C@H](O)c1ccc(F)c([N+](=O)[O-])c1. The largest absolute Gasteiger partial charge is 0.492 e. The highest BCUT2D eigenvalue weighted by Crippen LogP contribution is 2.35. The maximum Gasteiger partial charge on any atom is 0.435 e. The van der Waals surface area contributed by atoms with Gasteiger partial charge in [0.05, 0.1) is 29.6 Å². The van der Waals surface area contributed by atoms with Crippen LogP contribution in [0.5, 0.6) is 5.75 Å². The zero-order valence-corrected chi connectivity index (χ0v) is 24.8. The first kappa shape index (κ1) is 34.0. The summed E-state index contributed by atoms with van der Waals surface area (Å²) in [5, 5.41) is 24.9. The molecule has 0 saturated carbocycles. The lowest BCUT2D eigenvalue weighted by molar-refractivity contribution is -0.387. The Balaban J connectivity index is 1.85. The molecule has 1 amide bonds. The van der Waals surface area contributed by atoms with E-state index in [1.165, 1.54) is 6.07 Å². The molecule has 0 spiro atoms. The average Bonchev–Trinajstić information content (AvgIpc) is 3.26. The van der Waals surface area contributed by atoms with Crippen LogP contribution in [-0.2, 0) is 15.7 Å². The van der Waals surface area contributed by atoms with E-state index in [9.17, 15) is 42.4 Å². The van der Waals surface area contributed by atoms with Gasteiger partial charge in [-0.15, -0.1) is 0 Å². The summed E-state index contributed by atoms with van der Waals surface area (Å²) >= 11 is 0. The molecule has 1 atom stereocenters. The van der Waals surface area contributed by atoms with Gasteiger partial charge in [-0.2, -0.15) is 27.3 Å². The van der Waals surface area contributed by atoms with Crippen molar-refractivity contribution in [1.82, 2.24) is 14.7 Å². The average molecular weight is 629 g/mol. The normalized spacial score (nSPS) is 13.0. The summed E-state index contributed by atoms with van der Waals surface area (Å²) in [5.74, 6) is -1.08. The fourth-order valence-electron chi connectivity index (χ4n) is 3.89. The van der Waals surface area contributed by atoms with E-state index in [1.807, 2.05) is 0 Å². The van der Waals surface area contributed by atoms with E-state index in [0.717, 1.165) is 35.2 Å². The predicted octanol–water partition coefficient (Wildman–Crippen LogP) is 6.24. The van der Waals surface area contributed by atoms with Crippen molar-refractivity contribution in [3.8, 4) is 5.75 Å². The molecule has 0 unspecified atom stereocenters. The van der Waals surface area contributed by atoms with Crippen molar-refractivity contribution >= 4 is 28.8 Å². The van der Waals surface area contributed by atoms with Gasteiger partial charge in [-0.05, 0) is 65.3 Å². The van der Waals surface area contributed by atoms with Crippen LogP contribution in [0, 0.1) is 15.9 Å². The highest BCUT2D eigenvalue weighted by molar-refractivity contribution is 5.91. The summed E-state index contributed by atoms with van der Waals surface area (Å²) in [7, 11) is 0. The number of nitrogens with zero attached hydrogens (tertiary/aromatic N) is 4. The number of aliphatic hydroxyl groups excluding tert-OH is 1. The second-order valence-corrected chi connectivity index (χ2v) is 11.7. The summed E-state index contributed by atoms with van der Waals surface area (Å²) in [6, 6.07) is 6.27. The number of hydrogen-bond donors (Lipinski definition) is 1. The van der Waals surface area contributed by atoms with Crippen molar-refractivity contribution < 1.29 is 51.4 Å². The van der Waals surface area contributed by atoms with Crippen molar-refractivity contribution in [3.63, 3.8) is 0 Å². The Kier molecular flexibility index (Phi) is 9.77. The van der Waals surface area contributed by atoms with Crippen molar-refractivity contribution in [2.45, 2.75) is 65.0 Å². The maximum absolute atomic E-state index is 13.8. The number of hydrogen-bond acceptors (Lipinski definition) is 9. The zero-order valence-electron chi connectivity index (χ0n) is 24.8. The molecule has 3 rings (SSSR count). The Bertz CT molecular complexity index is 1540. The van der Waals surface area contributed by atoms with Gasteiger partial charge in [0.2, 0.25) is 5.82 Å². The van der Waals surface area contributed by atoms with E-state index in [-0.39, 0.29) is 35.4 Å². The van der Waals surface area contributed by atoms with Gasteiger partial charge < -0.3 is 24.2 Å². The lowest BCUT2D eigenvalue weighted by Crippen LogP contribution is -2.41. The van der Waals surface area contributed by atoms with Crippen LogP contribution in [0.2, 0.25) is 0 Å². The van der Waals surface area contributed by atoms with Gasteiger partial charge in [-0.3, -0.25) is 10.1 Å². The zero-order chi connectivity index (χ0) is 33.2. The number of carbonyl (C=O) groups is 2. The molecule has 44 heavy (non-hydrogen) atoms. The predicted molar refractivity (Wildman–Crippen MR) is 148 cm³/mol. The van der Waals surface area contributed by atoms with Crippen molar-refractivity contribution in [3.05, 3.63) is 63.6 Å². The number of benzene rings is 2. The standard InChI is InChI=1S/C28H32F4N4O8/c1-26(2,3)43-24(38)34(15-22(37)16-7-10-19(29)21(13-16)36(40)41)11-12-42-17-8-9-18-20(14-17)35(25(39)44-27(4,5)6)33-23(18)28(30,31)32/h7-10,13-14,22,37H,11-12,15H2,1-6H3/t22-/m0/s1. The molecule has 0 aliphatic heterocycles. The summed E-state index contributed by atoms with van der Waals surface area (Å²) in [5.41, 5.74) is -4.37. The van der Waals surface area contributed by atoms with Crippen molar-refractivity contribution in [1.29, 1.82) is 0 Å². The Morgan fingerprint density at radius 2 is 1.68 bits per heavy atom. The molecule has 1 aromatic heterocycles. The number of alkyl halides is 3. The number of rotatable bonds is 8. The summed E-state index contributed by atoms with van der Waals surface area (Å²) in [6.07, 6.45) is -8.36. The number of aliphatic hydroxyl groups is 1. The van der Waals surface area contributed by atoms with E-state index in [1.54, 1.807) is 41.5 Å². The van der Waals surface area contributed by atoms with E-state index in [2.05, 4.69) is 5.10 Å². The molecule has 1 N–H and O–H groups in total. The summed E-state index contributed by atoms with van der Waals surface area (Å²) < 4.78 is 71.4. The Hall–Kier alpha value is -4.47. The first-order valence-electron chi connectivity index (χ1n) is 13.2. The fraction of sp³-hybridized carbons (Fsp3) is 0.464. The molecule has 0 aliphatic carbocycles. The number of halogens is 4. The van der Waals surface area contributed by atoms with Gasteiger partial charge in [-0.25, -0.2) is 9.59 Å². The number of carbonyl (C=O) groups excluding carboxylic acids is 2. The molecule has 12 nitrogen and oxygen atoms in total. The molecule has 0 saturated heterocycles. The Labute approximate surface area is 249 Å². The van der Waals surface area contributed by atoms with E-state index >= 15 is 0 Å². The Morgan fingerprint density at radius 3 is 2.25 bits per heavy atom. The summed E-state index contributed by atoms with van der Waals surface area (Å²) in [6.45, 7) is 8.55. The van der Waals surface area contributed by atoms with Crippen molar-refractivity contribution in [2.24, 2.45) is 0 Å². The number of ether oxygens (including phenoxy) is 3. The van der Waals surface area contributed by atoms with Gasteiger partial charge in [0.25, 0.3) is 0 Å². The first-order valence-corrected chi connectivity index (χ1v) is 13.2. The molecule has 0 bridgehead atoms. The van der Waals surface area contributed by atoms with Crippen LogP contribution >= 0.6 is 0 Å². The van der Waals surface area contributed by atoms with Gasteiger partial charge >= 0.3 is 24.1 Å². The second-order valence-electron chi connectivity index (χ2n) is 11.7. The van der Waals surface area contributed by atoms with Crippen LogP contribution in [0.15, 0.2) is 36.4 Å². The number of fused-ring (bicyclic) bond motifs is 1. The highest BCUT2D eigenvalue weighted by atomic mass is 19.4. The Morgan fingerprint density at radius 1 is 1.05 bits per heavy atom. The summed E-state index contributed by atoms with van der Waals surface area (Å²) in [4.78, 5) is 36.8. The van der Waals surface area contributed by atoms with Crippen molar-refractivity contribution in [2.75, 3.05) is 19.7 Å². The van der Waals surface area contributed by atoms with Crippen LogP contribution in [0.25, 0.3) is 10.9 Å². The molecule has 3 aromatic rings.